The third-order valence-electron chi connectivity index (χ3n) is 4.23. The molecule has 0 aliphatic carbocycles. The number of rotatable bonds is 9. The van der Waals surface area contributed by atoms with Crippen LogP contribution in [0.1, 0.15) is 10.5 Å². The van der Waals surface area contributed by atoms with Gasteiger partial charge in [0.05, 0.1) is 35.9 Å². The lowest BCUT2D eigenvalue weighted by atomic mass is 10.2. The minimum Gasteiger partial charge on any atom is -0.394 e. The van der Waals surface area contributed by atoms with Crippen LogP contribution in [0.4, 0.5) is 15.8 Å². The van der Waals surface area contributed by atoms with Crippen molar-refractivity contribution < 1.29 is 27.5 Å². The van der Waals surface area contributed by atoms with Gasteiger partial charge in [0, 0.05) is 27.9 Å². The van der Waals surface area contributed by atoms with Crippen LogP contribution in [0.2, 0.25) is 0 Å². The van der Waals surface area contributed by atoms with E-state index in [4.69, 9.17) is 15.1 Å². The van der Waals surface area contributed by atoms with Gasteiger partial charge in [-0.15, -0.1) is 0 Å². The van der Waals surface area contributed by atoms with E-state index in [9.17, 15) is 17.6 Å². The molecule has 166 valence electrons. The van der Waals surface area contributed by atoms with Gasteiger partial charge in [0.1, 0.15) is 11.5 Å². The Hall–Kier alpha value is -2.33. The van der Waals surface area contributed by atoms with E-state index < -0.39 is 27.5 Å². The number of anilines is 2. The molecule has 0 saturated carbocycles. The van der Waals surface area contributed by atoms with Crippen molar-refractivity contribution in [3.63, 3.8) is 0 Å². The summed E-state index contributed by atoms with van der Waals surface area (Å²) in [5.74, 6) is -1.70. The summed E-state index contributed by atoms with van der Waals surface area (Å²) in [6.07, 6.45) is 2.95. The normalized spacial score (nSPS) is 11.6. The molecule has 3 rings (SSSR count). The van der Waals surface area contributed by atoms with Crippen LogP contribution in [-0.2, 0) is 21.4 Å². The number of hydrogen-bond donors (Lipinski definition) is 4. The molecule has 0 spiro atoms. The Morgan fingerprint density at radius 2 is 2.13 bits per heavy atom. The number of nitrogens with zero attached hydrogens (tertiary/aromatic N) is 2. The standard InChI is InChI=1S/C18H19FIN5O5S/c19-13-9-11(20)1-2-14(13)23-16-12-10-22-4-3-15(12)25(5-8-31(21,28)29)17(16)18(27)24-30-7-6-26/h1-4,9-10,23,26H,5-8H2,(H,24,27)(H2,21,28,29). The zero-order valence-electron chi connectivity index (χ0n) is 16.0. The Morgan fingerprint density at radius 1 is 1.35 bits per heavy atom. The zero-order valence-corrected chi connectivity index (χ0v) is 19.0. The lowest BCUT2D eigenvalue weighted by molar-refractivity contribution is 0.0163. The molecule has 5 N–H and O–H groups in total. The number of nitrogens with one attached hydrogen (secondary N) is 2. The predicted octanol–water partition coefficient (Wildman–Crippen LogP) is 1.47. The fraction of sp³-hybridized carbons (Fsp3) is 0.222. The molecule has 1 aromatic carbocycles. The number of hydrogen-bond acceptors (Lipinski definition) is 7. The van der Waals surface area contributed by atoms with E-state index in [0.29, 0.717) is 14.5 Å². The van der Waals surface area contributed by atoms with Crippen molar-refractivity contribution in [2.24, 2.45) is 5.14 Å². The molecular weight excluding hydrogens is 544 g/mol. The predicted molar refractivity (Wildman–Crippen MR) is 121 cm³/mol. The summed E-state index contributed by atoms with van der Waals surface area (Å²) in [6, 6.07) is 6.13. The fourth-order valence-corrected chi connectivity index (χ4v) is 3.84. The van der Waals surface area contributed by atoms with Crippen molar-refractivity contribution in [3.05, 3.63) is 51.7 Å². The Bertz CT molecular complexity index is 1220. The average molecular weight is 563 g/mol. The van der Waals surface area contributed by atoms with Crippen LogP contribution in [-0.4, -0.2) is 47.9 Å². The van der Waals surface area contributed by atoms with E-state index in [-0.39, 0.29) is 36.8 Å². The molecular formula is C18H19FIN5O5S. The summed E-state index contributed by atoms with van der Waals surface area (Å²) in [6.45, 7) is -0.615. The maximum Gasteiger partial charge on any atom is 0.293 e. The number of primary sulfonamides is 1. The van der Waals surface area contributed by atoms with Crippen molar-refractivity contribution in [2.75, 3.05) is 24.3 Å². The first kappa shape index (κ1) is 23.3. The van der Waals surface area contributed by atoms with Gasteiger partial charge in [0.25, 0.3) is 5.91 Å². The third-order valence-corrected chi connectivity index (χ3v) is 5.65. The maximum absolute atomic E-state index is 14.5. The average Bonchev–Trinajstić information content (AvgIpc) is 3.01. The number of aromatic nitrogens is 2. The summed E-state index contributed by atoms with van der Waals surface area (Å²) in [5, 5.41) is 17.4. The summed E-state index contributed by atoms with van der Waals surface area (Å²) in [7, 11) is -3.83. The molecule has 0 radical (unpaired) electrons. The smallest absolute Gasteiger partial charge is 0.293 e. The van der Waals surface area contributed by atoms with Crippen molar-refractivity contribution in [1.29, 1.82) is 0 Å². The fourth-order valence-electron chi connectivity index (χ4n) is 2.95. The Morgan fingerprint density at radius 3 is 2.81 bits per heavy atom. The number of carbonyl (C=O) groups excluding carboxylic acids is 1. The minimum atomic E-state index is -3.83. The van der Waals surface area contributed by atoms with E-state index in [1.807, 2.05) is 22.6 Å². The second-order valence-electron chi connectivity index (χ2n) is 6.39. The number of pyridine rings is 1. The van der Waals surface area contributed by atoms with Gasteiger partial charge >= 0.3 is 0 Å². The van der Waals surface area contributed by atoms with Crippen molar-refractivity contribution in [3.8, 4) is 0 Å². The molecule has 0 atom stereocenters. The number of sulfonamides is 1. The number of aliphatic hydroxyl groups is 1. The molecule has 1 amide bonds. The van der Waals surface area contributed by atoms with E-state index in [1.165, 1.54) is 29.1 Å². The molecule has 31 heavy (non-hydrogen) atoms. The third kappa shape index (κ3) is 5.68. The van der Waals surface area contributed by atoms with E-state index in [1.54, 1.807) is 12.1 Å². The van der Waals surface area contributed by atoms with E-state index >= 15 is 0 Å². The van der Waals surface area contributed by atoms with Crippen LogP contribution < -0.4 is 15.9 Å². The quantitative estimate of drug-likeness (QED) is 0.175. The second kappa shape index (κ2) is 9.86. The van der Waals surface area contributed by atoms with Crippen LogP contribution in [0.3, 0.4) is 0 Å². The number of nitrogens with two attached hydrogens (primary N) is 1. The van der Waals surface area contributed by atoms with Crippen LogP contribution >= 0.6 is 22.6 Å². The van der Waals surface area contributed by atoms with Gasteiger partial charge < -0.3 is 15.0 Å². The van der Waals surface area contributed by atoms with E-state index in [2.05, 4.69) is 15.8 Å². The number of aryl methyl sites for hydroxylation is 1. The van der Waals surface area contributed by atoms with Gasteiger partial charge in [-0.3, -0.25) is 14.6 Å². The lowest BCUT2D eigenvalue weighted by Crippen LogP contribution is -2.29. The van der Waals surface area contributed by atoms with Crippen LogP contribution in [0.5, 0.6) is 0 Å². The van der Waals surface area contributed by atoms with Crippen LogP contribution in [0.15, 0.2) is 36.7 Å². The number of aliphatic hydroxyl groups excluding tert-OH is 1. The molecule has 0 unspecified atom stereocenters. The molecule has 0 aliphatic rings. The van der Waals surface area contributed by atoms with Crippen molar-refractivity contribution in [1.82, 2.24) is 15.0 Å². The Kier molecular flexibility index (Phi) is 7.42. The van der Waals surface area contributed by atoms with Gasteiger partial charge in [0.15, 0.2) is 0 Å². The summed E-state index contributed by atoms with van der Waals surface area (Å²) in [4.78, 5) is 21.9. The monoisotopic (exact) mass is 563 g/mol. The molecule has 0 saturated heterocycles. The topological polar surface area (TPSA) is 149 Å². The number of carbonyl (C=O) groups is 1. The highest BCUT2D eigenvalue weighted by Gasteiger charge is 2.25. The molecule has 0 fully saturated rings. The largest absolute Gasteiger partial charge is 0.394 e. The molecule has 13 heteroatoms. The SMILES string of the molecule is NS(=O)(=O)CCn1c(C(=O)NOCCO)c(Nc2ccc(I)cc2F)c2cnccc21. The van der Waals surface area contributed by atoms with Gasteiger partial charge in [-0.2, -0.15) is 0 Å². The molecule has 2 heterocycles. The number of fused-ring (bicyclic) bond motifs is 1. The first-order chi connectivity index (χ1) is 14.7. The van der Waals surface area contributed by atoms with Crippen molar-refractivity contribution in [2.45, 2.75) is 6.54 Å². The van der Waals surface area contributed by atoms with Gasteiger partial charge in [-0.05, 0) is 46.9 Å². The highest BCUT2D eigenvalue weighted by Crippen LogP contribution is 2.34. The lowest BCUT2D eigenvalue weighted by Gasteiger charge is -2.13. The van der Waals surface area contributed by atoms with E-state index in [0.717, 1.165) is 0 Å². The Balaban J connectivity index is 2.15. The number of hydroxylamine groups is 1. The number of benzene rings is 1. The Labute approximate surface area is 190 Å². The first-order valence-electron chi connectivity index (χ1n) is 8.93. The van der Waals surface area contributed by atoms with Gasteiger partial charge in [0.2, 0.25) is 10.0 Å². The van der Waals surface area contributed by atoms with Crippen LogP contribution in [0, 0.1) is 9.39 Å². The molecule has 0 bridgehead atoms. The molecule has 0 aliphatic heterocycles. The number of halogens is 2. The highest BCUT2D eigenvalue weighted by atomic mass is 127. The van der Waals surface area contributed by atoms with Crippen LogP contribution in [0.25, 0.3) is 10.9 Å². The van der Waals surface area contributed by atoms with Gasteiger partial charge in [-0.25, -0.2) is 23.4 Å². The first-order valence-corrected chi connectivity index (χ1v) is 11.7. The summed E-state index contributed by atoms with van der Waals surface area (Å²) >= 11 is 1.97. The molecule has 2 aromatic heterocycles. The number of amides is 1. The van der Waals surface area contributed by atoms with Crippen molar-refractivity contribution >= 4 is 60.8 Å². The zero-order chi connectivity index (χ0) is 22.6. The maximum atomic E-state index is 14.5. The second-order valence-corrected chi connectivity index (χ2v) is 9.37. The minimum absolute atomic E-state index is 0.0115. The summed E-state index contributed by atoms with van der Waals surface area (Å²) in [5.41, 5.74) is 2.99. The molecule has 10 nitrogen and oxygen atoms in total. The molecule has 3 aromatic rings. The summed E-state index contributed by atoms with van der Waals surface area (Å²) < 4.78 is 39.7. The highest BCUT2D eigenvalue weighted by molar-refractivity contribution is 14.1. The van der Waals surface area contributed by atoms with Gasteiger partial charge in [-0.1, -0.05) is 0 Å².